The molecule has 0 rings (SSSR count). The van der Waals surface area contributed by atoms with Crippen LogP contribution in [0.25, 0.3) is 0 Å². The molecule has 0 spiro atoms. The van der Waals surface area contributed by atoms with Gasteiger partial charge in [-0.3, -0.25) is 0 Å². The number of hydrogen-bond donors (Lipinski definition) is 1. The van der Waals surface area contributed by atoms with E-state index in [9.17, 15) is 0 Å². The van der Waals surface area contributed by atoms with E-state index in [4.69, 9.17) is 9.47 Å². The van der Waals surface area contributed by atoms with Crippen molar-refractivity contribution in [1.29, 1.82) is 0 Å². The molecule has 0 aromatic heterocycles. The highest BCUT2D eigenvalue weighted by atomic mass is 16.5. The first-order chi connectivity index (χ1) is 7.35. The Balaban J connectivity index is 3.49. The number of rotatable bonds is 11. The van der Waals surface area contributed by atoms with E-state index in [1.165, 1.54) is 6.42 Å². The molecule has 0 bridgehead atoms. The van der Waals surface area contributed by atoms with Gasteiger partial charge in [-0.2, -0.15) is 0 Å². The summed E-state index contributed by atoms with van der Waals surface area (Å²) in [5.74, 6) is 0. The maximum absolute atomic E-state index is 5.45. The molecule has 0 aliphatic rings. The Bertz CT molecular complexity index is 112. The second kappa shape index (κ2) is 12.0. The minimum atomic E-state index is 0.491. The molecule has 3 nitrogen and oxygen atoms in total. The maximum Gasteiger partial charge on any atom is 0.0619 e. The van der Waals surface area contributed by atoms with Gasteiger partial charge in [0.1, 0.15) is 0 Å². The zero-order chi connectivity index (χ0) is 11.4. The Hall–Kier alpha value is -0.120. The highest BCUT2D eigenvalue weighted by Gasteiger charge is 2.06. The van der Waals surface area contributed by atoms with Crippen molar-refractivity contribution in [3.05, 3.63) is 0 Å². The molecule has 3 heteroatoms. The first-order valence-corrected chi connectivity index (χ1v) is 6.23. The van der Waals surface area contributed by atoms with Crippen molar-refractivity contribution in [2.75, 3.05) is 33.0 Å². The van der Waals surface area contributed by atoms with Crippen LogP contribution >= 0.6 is 0 Å². The van der Waals surface area contributed by atoms with Crippen LogP contribution in [0.1, 0.15) is 40.0 Å². The van der Waals surface area contributed by atoms with Gasteiger partial charge in [0.15, 0.2) is 0 Å². The van der Waals surface area contributed by atoms with Crippen LogP contribution in [0.3, 0.4) is 0 Å². The predicted molar refractivity (Wildman–Crippen MR) is 64.3 cm³/mol. The number of hydrogen-bond acceptors (Lipinski definition) is 3. The summed E-state index contributed by atoms with van der Waals surface area (Å²) in [7, 11) is 0. The highest BCUT2D eigenvalue weighted by molar-refractivity contribution is 4.65. The molecule has 0 aliphatic carbocycles. The molecule has 0 amide bonds. The summed E-state index contributed by atoms with van der Waals surface area (Å²) < 4.78 is 10.8. The second-order valence-corrected chi connectivity index (χ2v) is 3.65. The van der Waals surface area contributed by atoms with E-state index in [-0.39, 0.29) is 0 Å². The zero-order valence-corrected chi connectivity index (χ0v) is 10.6. The topological polar surface area (TPSA) is 30.5 Å². The van der Waals surface area contributed by atoms with Gasteiger partial charge in [0, 0.05) is 25.9 Å². The summed E-state index contributed by atoms with van der Waals surface area (Å²) >= 11 is 0. The lowest BCUT2D eigenvalue weighted by molar-refractivity contribution is 0.107. The summed E-state index contributed by atoms with van der Waals surface area (Å²) in [6, 6.07) is 0.491. The quantitative estimate of drug-likeness (QED) is 0.538. The van der Waals surface area contributed by atoms with Crippen LogP contribution in [0.4, 0.5) is 0 Å². The monoisotopic (exact) mass is 217 g/mol. The largest absolute Gasteiger partial charge is 0.382 e. The average molecular weight is 217 g/mol. The van der Waals surface area contributed by atoms with Crippen LogP contribution < -0.4 is 5.32 Å². The van der Waals surface area contributed by atoms with Crippen molar-refractivity contribution < 1.29 is 9.47 Å². The summed E-state index contributed by atoms with van der Waals surface area (Å²) in [6.45, 7) is 10.6. The Morgan fingerprint density at radius 2 is 1.80 bits per heavy atom. The molecule has 1 N–H and O–H groups in total. The molecule has 1 unspecified atom stereocenters. The Kier molecular flexibility index (Phi) is 11.9. The standard InChI is InChI=1S/C12H27NO2/c1-4-9-13-12(11-15-6-3)8-7-10-14-5-2/h12-13H,4-11H2,1-3H3. The third-order valence-corrected chi connectivity index (χ3v) is 2.25. The van der Waals surface area contributed by atoms with Gasteiger partial charge in [0.05, 0.1) is 6.61 Å². The zero-order valence-electron chi connectivity index (χ0n) is 10.6. The summed E-state index contributed by atoms with van der Waals surface area (Å²) in [4.78, 5) is 0. The van der Waals surface area contributed by atoms with Crippen LogP contribution in [-0.2, 0) is 9.47 Å². The normalized spacial score (nSPS) is 13.0. The van der Waals surface area contributed by atoms with Gasteiger partial charge in [-0.05, 0) is 39.7 Å². The molecular formula is C12H27NO2. The molecule has 0 heterocycles. The fourth-order valence-corrected chi connectivity index (χ4v) is 1.43. The predicted octanol–water partition coefficient (Wildman–Crippen LogP) is 2.21. The van der Waals surface area contributed by atoms with Crippen molar-refractivity contribution in [3.8, 4) is 0 Å². The molecule has 0 fully saturated rings. The van der Waals surface area contributed by atoms with Crippen LogP contribution in [0.5, 0.6) is 0 Å². The summed E-state index contributed by atoms with van der Waals surface area (Å²) in [5.41, 5.74) is 0. The minimum absolute atomic E-state index is 0.491. The van der Waals surface area contributed by atoms with E-state index in [2.05, 4.69) is 12.2 Å². The Morgan fingerprint density at radius 3 is 2.40 bits per heavy atom. The van der Waals surface area contributed by atoms with Crippen LogP contribution in [0.2, 0.25) is 0 Å². The van der Waals surface area contributed by atoms with E-state index in [0.717, 1.165) is 45.8 Å². The number of nitrogens with one attached hydrogen (secondary N) is 1. The summed E-state index contributed by atoms with van der Waals surface area (Å²) in [6.07, 6.45) is 3.43. The van der Waals surface area contributed by atoms with Crippen molar-refractivity contribution in [2.24, 2.45) is 0 Å². The van der Waals surface area contributed by atoms with Crippen molar-refractivity contribution in [2.45, 2.75) is 46.1 Å². The molecular weight excluding hydrogens is 190 g/mol. The molecule has 92 valence electrons. The Labute approximate surface area is 94.5 Å². The molecule has 0 saturated carbocycles. The lowest BCUT2D eigenvalue weighted by Gasteiger charge is -2.18. The second-order valence-electron chi connectivity index (χ2n) is 3.65. The molecule has 0 saturated heterocycles. The van der Waals surface area contributed by atoms with E-state index < -0.39 is 0 Å². The van der Waals surface area contributed by atoms with Gasteiger partial charge in [-0.25, -0.2) is 0 Å². The lowest BCUT2D eigenvalue weighted by Crippen LogP contribution is -2.34. The van der Waals surface area contributed by atoms with Gasteiger partial charge >= 0.3 is 0 Å². The fourth-order valence-electron chi connectivity index (χ4n) is 1.43. The SMILES string of the molecule is CCCNC(CCCOCC)COCC. The molecule has 0 radical (unpaired) electrons. The molecule has 0 aromatic carbocycles. The van der Waals surface area contributed by atoms with Crippen molar-refractivity contribution in [3.63, 3.8) is 0 Å². The van der Waals surface area contributed by atoms with Gasteiger partial charge in [-0.15, -0.1) is 0 Å². The van der Waals surface area contributed by atoms with Crippen LogP contribution in [0, 0.1) is 0 Å². The van der Waals surface area contributed by atoms with Crippen LogP contribution in [-0.4, -0.2) is 39.0 Å². The average Bonchev–Trinajstić information content (AvgIpc) is 2.27. The first-order valence-electron chi connectivity index (χ1n) is 6.23. The van der Waals surface area contributed by atoms with Gasteiger partial charge < -0.3 is 14.8 Å². The van der Waals surface area contributed by atoms with E-state index >= 15 is 0 Å². The Morgan fingerprint density at radius 1 is 1.07 bits per heavy atom. The van der Waals surface area contributed by atoms with Crippen LogP contribution in [0.15, 0.2) is 0 Å². The van der Waals surface area contributed by atoms with Gasteiger partial charge in [-0.1, -0.05) is 6.92 Å². The lowest BCUT2D eigenvalue weighted by atomic mass is 10.1. The van der Waals surface area contributed by atoms with E-state index in [0.29, 0.717) is 6.04 Å². The van der Waals surface area contributed by atoms with Crippen molar-refractivity contribution in [1.82, 2.24) is 5.32 Å². The molecule has 0 aromatic rings. The summed E-state index contributed by atoms with van der Waals surface area (Å²) in [5, 5.41) is 3.50. The molecule has 1 atom stereocenters. The van der Waals surface area contributed by atoms with Crippen molar-refractivity contribution >= 4 is 0 Å². The van der Waals surface area contributed by atoms with Gasteiger partial charge in [0.2, 0.25) is 0 Å². The molecule has 15 heavy (non-hydrogen) atoms. The number of ether oxygens (including phenoxy) is 2. The third kappa shape index (κ3) is 10.2. The van der Waals surface area contributed by atoms with E-state index in [1.807, 2.05) is 13.8 Å². The first kappa shape index (κ1) is 14.9. The smallest absolute Gasteiger partial charge is 0.0619 e. The van der Waals surface area contributed by atoms with E-state index in [1.54, 1.807) is 0 Å². The minimum Gasteiger partial charge on any atom is -0.382 e. The third-order valence-electron chi connectivity index (χ3n) is 2.25. The highest BCUT2D eigenvalue weighted by Crippen LogP contribution is 1.99. The molecule has 0 aliphatic heterocycles. The maximum atomic E-state index is 5.45. The van der Waals surface area contributed by atoms with Gasteiger partial charge in [0.25, 0.3) is 0 Å². The fraction of sp³-hybridized carbons (Fsp3) is 1.00.